The molecule has 1 fully saturated rings. The standard InChI is InChI=1S/C13H15ClO2/c1-8(2)13(7-11(13)12(15)16)9-3-5-10(14)6-4-9/h3-6,8,11H,7H2,1-2H3,(H,15,16)/t11-,13?/m0/s1. The molecule has 0 aromatic heterocycles. The quantitative estimate of drug-likeness (QED) is 0.877. The molecule has 0 amide bonds. The van der Waals surface area contributed by atoms with Crippen LogP contribution in [0.4, 0.5) is 0 Å². The molecule has 3 heteroatoms. The monoisotopic (exact) mass is 238 g/mol. The molecule has 2 rings (SSSR count). The molecule has 86 valence electrons. The Kier molecular flexibility index (Phi) is 2.70. The van der Waals surface area contributed by atoms with Crippen molar-refractivity contribution in [3.63, 3.8) is 0 Å². The van der Waals surface area contributed by atoms with Gasteiger partial charge in [-0.3, -0.25) is 4.79 Å². The SMILES string of the molecule is CC(C)C1(c2ccc(Cl)cc2)C[C@H]1C(=O)O. The van der Waals surface area contributed by atoms with Crippen molar-refractivity contribution < 1.29 is 9.90 Å². The highest BCUT2D eigenvalue weighted by Crippen LogP contribution is 2.59. The predicted octanol–water partition coefficient (Wildman–Crippen LogP) is 3.34. The van der Waals surface area contributed by atoms with E-state index in [9.17, 15) is 4.79 Å². The summed E-state index contributed by atoms with van der Waals surface area (Å²) in [6.07, 6.45) is 0.738. The van der Waals surface area contributed by atoms with Crippen LogP contribution in [0.1, 0.15) is 25.8 Å². The number of hydrogen-bond acceptors (Lipinski definition) is 1. The van der Waals surface area contributed by atoms with E-state index < -0.39 is 5.97 Å². The lowest BCUT2D eigenvalue weighted by Crippen LogP contribution is -2.21. The largest absolute Gasteiger partial charge is 0.481 e. The molecule has 0 spiro atoms. The van der Waals surface area contributed by atoms with Crippen LogP contribution in [-0.4, -0.2) is 11.1 Å². The minimum Gasteiger partial charge on any atom is -0.481 e. The van der Waals surface area contributed by atoms with Gasteiger partial charge in [-0.25, -0.2) is 0 Å². The molecular formula is C13H15ClO2. The van der Waals surface area contributed by atoms with E-state index in [0.29, 0.717) is 10.9 Å². The third-order valence-corrected chi connectivity index (χ3v) is 3.97. The van der Waals surface area contributed by atoms with Gasteiger partial charge in [0.05, 0.1) is 5.92 Å². The van der Waals surface area contributed by atoms with Crippen molar-refractivity contribution in [2.45, 2.75) is 25.7 Å². The second-order valence-electron chi connectivity index (χ2n) is 4.80. The summed E-state index contributed by atoms with van der Waals surface area (Å²) in [5, 5.41) is 9.82. The van der Waals surface area contributed by atoms with Crippen molar-refractivity contribution in [2.24, 2.45) is 11.8 Å². The van der Waals surface area contributed by atoms with Crippen LogP contribution >= 0.6 is 11.6 Å². The van der Waals surface area contributed by atoms with Gasteiger partial charge in [-0.2, -0.15) is 0 Å². The lowest BCUT2D eigenvalue weighted by atomic mass is 9.83. The van der Waals surface area contributed by atoms with Gasteiger partial charge in [0.1, 0.15) is 0 Å². The van der Waals surface area contributed by atoms with E-state index in [2.05, 4.69) is 13.8 Å². The minimum atomic E-state index is -0.691. The number of carboxylic acid groups (broad SMARTS) is 1. The predicted molar refractivity (Wildman–Crippen MR) is 63.7 cm³/mol. The Morgan fingerprint density at radius 3 is 2.38 bits per heavy atom. The fourth-order valence-corrected chi connectivity index (χ4v) is 2.76. The third-order valence-electron chi connectivity index (χ3n) is 3.71. The second-order valence-corrected chi connectivity index (χ2v) is 5.23. The Morgan fingerprint density at radius 2 is 2.00 bits per heavy atom. The van der Waals surface area contributed by atoms with E-state index in [1.54, 1.807) is 0 Å². The maximum absolute atomic E-state index is 11.1. The van der Waals surface area contributed by atoms with Crippen molar-refractivity contribution in [1.29, 1.82) is 0 Å². The Hall–Kier alpha value is -1.02. The molecule has 0 radical (unpaired) electrons. The van der Waals surface area contributed by atoms with Crippen LogP contribution in [0.25, 0.3) is 0 Å². The molecule has 0 aliphatic heterocycles. The van der Waals surface area contributed by atoms with Crippen LogP contribution in [0.3, 0.4) is 0 Å². The molecule has 1 aromatic rings. The highest BCUT2D eigenvalue weighted by atomic mass is 35.5. The van der Waals surface area contributed by atoms with Gasteiger partial charge in [0.25, 0.3) is 0 Å². The Labute approximate surface area is 100 Å². The van der Waals surface area contributed by atoms with Crippen LogP contribution in [0.15, 0.2) is 24.3 Å². The number of rotatable bonds is 3. The molecule has 1 N–H and O–H groups in total. The van der Waals surface area contributed by atoms with E-state index in [-0.39, 0.29) is 11.3 Å². The third kappa shape index (κ3) is 1.61. The molecule has 0 heterocycles. The van der Waals surface area contributed by atoms with Crippen LogP contribution in [0.5, 0.6) is 0 Å². The number of aliphatic carboxylic acids is 1. The van der Waals surface area contributed by atoms with Gasteiger partial charge in [0.2, 0.25) is 0 Å². The van der Waals surface area contributed by atoms with Gasteiger partial charge in [-0.15, -0.1) is 0 Å². The fourth-order valence-electron chi connectivity index (χ4n) is 2.64. The first kappa shape index (κ1) is 11.5. The smallest absolute Gasteiger partial charge is 0.307 e. The van der Waals surface area contributed by atoms with Crippen LogP contribution in [0.2, 0.25) is 5.02 Å². The molecule has 0 bridgehead atoms. The van der Waals surface area contributed by atoms with Gasteiger partial charge in [-0.05, 0) is 30.0 Å². The molecule has 1 unspecified atom stereocenters. The average Bonchev–Trinajstić information content (AvgIpc) is 2.95. The summed E-state index contributed by atoms with van der Waals surface area (Å²) in [5.41, 5.74) is 0.912. The van der Waals surface area contributed by atoms with Gasteiger partial charge in [0.15, 0.2) is 0 Å². The Bertz CT molecular complexity index is 410. The van der Waals surface area contributed by atoms with E-state index in [0.717, 1.165) is 12.0 Å². The van der Waals surface area contributed by atoms with Crippen LogP contribution < -0.4 is 0 Å². The summed E-state index contributed by atoms with van der Waals surface area (Å²) >= 11 is 5.84. The van der Waals surface area contributed by atoms with E-state index in [1.807, 2.05) is 24.3 Å². The Balaban J connectivity index is 2.36. The summed E-state index contributed by atoms with van der Waals surface area (Å²) in [7, 11) is 0. The molecular weight excluding hydrogens is 224 g/mol. The maximum atomic E-state index is 11.1. The molecule has 1 aliphatic carbocycles. The summed E-state index contributed by atoms with van der Waals surface area (Å²) in [6, 6.07) is 7.56. The molecule has 1 aliphatic rings. The van der Waals surface area contributed by atoms with Gasteiger partial charge < -0.3 is 5.11 Å². The molecule has 2 nitrogen and oxygen atoms in total. The van der Waals surface area contributed by atoms with Gasteiger partial charge in [0, 0.05) is 10.4 Å². The van der Waals surface area contributed by atoms with Crippen LogP contribution in [0, 0.1) is 11.8 Å². The van der Waals surface area contributed by atoms with Crippen molar-refractivity contribution in [3.05, 3.63) is 34.9 Å². The molecule has 16 heavy (non-hydrogen) atoms. The first-order valence-corrected chi connectivity index (χ1v) is 5.85. The summed E-state index contributed by atoms with van der Waals surface area (Å²) in [4.78, 5) is 11.1. The van der Waals surface area contributed by atoms with Crippen molar-refractivity contribution in [1.82, 2.24) is 0 Å². The maximum Gasteiger partial charge on any atom is 0.307 e. The molecule has 0 saturated heterocycles. The first-order valence-electron chi connectivity index (χ1n) is 5.47. The van der Waals surface area contributed by atoms with Gasteiger partial charge >= 0.3 is 5.97 Å². The lowest BCUT2D eigenvalue weighted by Gasteiger charge is -2.21. The molecule has 1 aromatic carbocycles. The highest BCUT2D eigenvalue weighted by molar-refractivity contribution is 6.30. The van der Waals surface area contributed by atoms with E-state index in [4.69, 9.17) is 16.7 Å². The number of carbonyl (C=O) groups is 1. The Morgan fingerprint density at radius 1 is 1.44 bits per heavy atom. The molecule has 2 atom stereocenters. The minimum absolute atomic E-state index is 0.184. The van der Waals surface area contributed by atoms with Crippen molar-refractivity contribution >= 4 is 17.6 Å². The van der Waals surface area contributed by atoms with Crippen LogP contribution in [-0.2, 0) is 10.2 Å². The summed E-state index contributed by atoms with van der Waals surface area (Å²) < 4.78 is 0. The fraction of sp³-hybridized carbons (Fsp3) is 0.462. The number of hydrogen-bond donors (Lipinski definition) is 1. The average molecular weight is 239 g/mol. The highest BCUT2D eigenvalue weighted by Gasteiger charge is 2.61. The zero-order chi connectivity index (χ0) is 11.9. The van der Waals surface area contributed by atoms with E-state index >= 15 is 0 Å². The zero-order valence-electron chi connectivity index (χ0n) is 9.40. The van der Waals surface area contributed by atoms with E-state index in [1.165, 1.54) is 0 Å². The zero-order valence-corrected chi connectivity index (χ0v) is 10.2. The first-order chi connectivity index (χ1) is 7.48. The van der Waals surface area contributed by atoms with Crippen molar-refractivity contribution in [2.75, 3.05) is 0 Å². The van der Waals surface area contributed by atoms with Crippen molar-refractivity contribution in [3.8, 4) is 0 Å². The number of benzene rings is 1. The normalized spacial score (nSPS) is 28.1. The molecule has 1 saturated carbocycles. The topological polar surface area (TPSA) is 37.3 Å². The second kappa shape index (κ2) is 3.77. The lowest BCUT2D eigenvalue weighted by molar-refractivity contribution is -0.139. The number of halogens is 1. The van der Waals surface area contributed by atoms with Gasteiger partial charge in [-0.1, -0.05) is 37.6 Å². The summed E-state index contributed by atoms with van der Waals surface area (Å²) in [6.45, 7) is 4.16. The number of carboxylic acids is 1. The summed E-state index contributed by atoms with van der Waals surface area (Å²) in [5.74, 6) is -0.605.